The molecular weight excluding hydrogens is 274 g/mol. The molecule has 0 aliphatic rings. The van der Waals surface area contributed by atoms with E-state index in [0.717, 1.165) is 17.0 Å². The van der Waals surface area contributed by atoms with Gasteiger partial charge < -0.3 is 10.1 Å². The number of hydrogen-bond acceptors (Lipinski definition) is 3. The molecule has 2 unspecified atom stereocenters. The third-order valence-corrected chi connectivity index (χ3v) is 4.08. The summed E-state index contributed by atoms with van der Waals surface area (Å²) >= 11 is 0. The van der Waals surface area contributed by atoms with Crippen LogP contribution in [-0.4, -0.2) is 12.9 Å². The second kappa shape index (κ2) is 7.12. The number of nitrogens with one attached hydrogen (secondary N) is 1. The van der Waals surface area contributed by atoms with Crippen LogP contribution in [0.1, 0.15) is 31.0 Å². The first-order chi connectivity index (χ1) is 10.5. The highest BCUT2D eigenvalue weighted by atomic mass is 16.5. The molecule has 22 heavy (non-hydrogen) atoms. The van der Waals surface area contributed by atoms with Crippen molar-refractivity contribution in [1.82, 2.24) is 0 Å². The molecular formula is C19H23NO2. The predicted molar refractivity (Wildman–Crippen MR) is 90.4 cm³/mol. The fourth-order valence-electron chi connectivity index (χ4n) is 2.51. The number of rotatable bonds is 6. The Morgan fingerprint density at radius 2 is 1.73 bits per heavy atom. The number of methoxy groups -OCH3 is 1. The zero-order valence-electron chi connectivity index (χ0n) is 13.6. The number of aryl methyl sites for hydroxylation is 1. The van der Waals surface area contributed by atoms with Crippen LogP contribution in [0.4, 0.5) is 5.69 Å². The Hall–Kier alpha value is -2.29. The number of carbonyl (C=O) groups excluding carboxylic acids is 1. The minimum atomic E-state index is -0.108. The quantitative estimate of drug-likeness (QED) is 0.859. The van der Waals surface area contributed by atoms with E-state index in [1.54, 1.807) is 14.0 Å². The summed E-state index contributed by atoms with van der Waals surface area (Å²) in [6.45, 7) is 5.69. The van der Waals surface area contributed by atoms with Gasteiger partial charge in [-0.05, 0) is 49.2 Å². The average molecular weight is 297 g/mol. The molecule has 0 aliphatic heterocycles. The van der Waals surface area contributed by atoms with Crippen molar-refractivity contribution in [2.24, 2.45) is 5.92 Å². The van der Waals surface area contributed by atoms with E-state index in [0.29, 0.717) is 0 Å². The van der Waals surface area contributed by atoms with E-state index in [1.807, 2.05) is 43.3 Å². The van der Waals surface area contributed by atoms with Gasteiger partial charge in [0.05, 0.1) is 13.2 Å². The third kappa shape index (κ3) is 3.67. The van der Waals surface area contributed by atoms with Crippen molar-refractivity contribution in [3.05, 3.63) is 59.7 Å². The number of ether oxygens (including phenoxy) is 1. The van der Waals surface area contributed by atoms with Crippen molar-refractivity contribution < 1.29 is 9.53 Å². The number of carbonyl (C=O) groups is 1. The Balaban J connectivity index is 2.32. The normalized spacial score (nSPS) is 13.3. The van der Waals surface area contributed by atoms with Crippen LogP contribution in [0.15, 0.2) is 48.5 Å². The van der Waals surface area contributed by atoms with Crippen molar-refractivity contribution in [2.45, 2.75) is 26.8 Å². The Kier molecular flexibility index (Phi) is 5.21. The summed E-state index contributed by atoms with van der Waals surface area (Å²) in [6.07, 6.45) is 0. The maximum atomic E-state index is 11.9. The lowest BCUT2D eigenvalue weighted by molar-refractivity contribution is -0.120. The minimum absolute atomic E-state index is 0.0490. The molecule has 3 heteroatoms. The first kappa shape index (κ1) is 16.1. The van der Waals surface area contributed by atoms with Crippen LogP contribution in [0.5, 0.6) is 5.75 Å². The van der Waals surface area contributed by atoms with Crippen LogP contribution in [0.2, 0.25) is 0 Å². The average Bonchev–Trinajstić information content (AvgIpc) is 2.53. The van der Waals surface area contributed by atoms with Crippen LogP contribution in [0.25, 0.3) is 0 Å². The molecule has 2 rings (SSSR count). The summed E-state index contributed by atoms with van der Waals surface area (Å²) in [4.78, 5) is 11.9. The van der Waals surface area contributed by atoms with Gasteiger partial charge in [0.2, 0.25) is 0 Å². The molecule has 0 aliphatic carbocycles. The Morgan fingerprint density at radius 3 is 2.27 bits per heavy atom. The molecule has 0 saturated carbocycles. The van der Waals surface area contributed by atoms with Crippen LogP contribution < -0.4 is 10.1 Å². The molecule has 0 spiro atoms. The van der Waals surface area contributed by atoms with Gasteiger partial charge in [-0.1, -0.05) is 31.2 Å². The minimum Gasteiger partial charge on any atom is -0.497 e. The second-order valence-corrected chi connectivity index (χ2v) is 5.61. The summed E-state index contributed by atoms with van der Waals surface area (Å²) in [6, 6.07) is 15.9. The van der Waals surface area contributed by atoms with Crippen LogP contribution in [0.3, 0.4) is 0 Å². The lowest BCUT2D eigenvalue weighted by Crippen LogP contribution is -2.24. The molecule has 3 nitrogen and oxygen atoms in total. The first-order valence-corrected chi connectivity index (χ1v) is 7.49. The number of benzene rings is 2. The molecule has 0 bridgehead atoms. The van der Waals surface area contributed by atoms with E-state index in [9.17, 15) is 4.79 Å². The van der Waals surface area contributed by atoms with E-state index in [4.69, 9.17) is 4.74 Å². The lowest BCUT2D eigenvalue weighted by atomic mass is 9.89. The molecule has 2 atom stereocenters. The highest BCUT2D eigenvalue weighted by molar-refractivity contribution is 5.79. The smallest absolute Gasteiger partial charge is 0.135 e. The molecule has 0 aromatic heterocycles. The summed E-state index contributed by atoms with van der Waals surface area (Å²) in [5.41, 5.74) is 3.31. The summed E-state index contributed by atoms with van der Waals surface area (Å²) in [7, 11) is 1.65. The monoisotopic (exact) mass is 297 g/mol. The zero-order valence-corrected chi connectivity index (χ0v) is 13.6. The van der Waals surface area contributed by atoms with E-state index in [-0.39, 0.29) is 17.7 Å². The summed E-state index contributed by atoms with van der Waals surface area (Å²) in [5.74, 6) is 0.884. The fourth-order valence-corrected chi connectivity index (χ4v) is 2.51. The van der Waals surface area contributed by atoms with Gasteiger partial charge in [-0.2, -0.15) is 0 Å². The van der Waals surface area contributed by atoms with Crippen LogP contribution in [0, 0.1) is 12.8 Å². The van der Waals surface area contributed by atoms with Gasteiger partial charge in [0.15, 0.2) is 0 Å². The number of anilines is 1. The van der Waals surface area contributed by atoms with Crippen molar-refractivity contribution in [3.8, 4) is 5.75 Å². The van der Waals surface area contributed by atoms with Crippen molar-refractivity contribution in [1.29, 1.82) is 0 Å². The molecule has 2 aromatic rings. The highest BCUT2D eigenvalue weighted by Gasteiger charge is 2.24. The predicted octanol–water partition coefficient (Wildman–Crippen LogP) is 4.38. The molecule has 0 fully saturated rings. The van der Waals surface area contributed by atoms with E-state index >= 15 is 0 Å². The number of hydrogen-bond donors (Lipinski definition) is 1. The molecule has 0 heterocycles. The second-order valence-electron chi connectivity index (χ2n) is 5.61. The SMILES string of the molecule is COc1ccc(NC(c2ccccc2C)C(C)C(C)=O)cc1. The van der Waals surface area contributed by atoms with Gasteiger partial charge in [0.25, 0.3) is 0 Å². The lowest BCUT2D eigenvalue weighted by Gasteiger charge is -2.26. The van der Waals surface area contributed by atoms with Gasteiger partial charge in [-0.15, -0.1) is 0 Å². The van der Waals surface area contributed by atoms with Crippen LogP contribution >= 0.6 is 0 Å². The largest absolute Gasteiger partial charge is 0.497 e. The molecule has 0 saturated heterocycles. The summed E-state index contributed by atoms with van der Waals surface area (Å²) < 4.78 is 5.18. The Labute approximate surface area is 132 Å². The van der Waals surface area contributed by atoms with Crippen molar-refractivity contribution in [3.63, 3.8) is 0 Å². The van der Waals surface area contributed by atoms with Gasteiger partial charge in [-0.25, -0.2) is 0 Å². The number of Topliss-reactive ketones (excluding diaryl/α,β-unsaturated/α-hetero) is 1. The topological polar surface area (TPSA) is 38.3 Å². The Morgan fingerprint density at radius 1 is 1.09 bits per heavy atom. The number of ketones is 1. The van der Waals surface area contributed by atoms with E-state index in [1.165, 1.54) is 5.56 Å². The van der Waals surface area contributed by atoms with Crippen molar-refractivity contribution >= 4 is 11.5 Å². The van der Waals surface area contributed by atoms with Gasteiger partial charge in [0.1, 0.15) is 11.5 Å². The van der Waals surface area contributed by atoms with Gasteiger partial charge in [0, 0.05) is 11.6 Å². The maximum Gasteiger partial charge on any atom is 0.135 e. The zero-order chi connectivity index (χ0) is 16.1. The fraction of sp³-hybridized carbons (Fsp3) is 0.316. The molecule has 116 valence electrons. The molecule has 2 aromatic carbocycles. The van der Waals surface area contributed by atoms with Gasteiger partial charge >= 0.3 is 0 Å². The standard InChI is InChI=1S/C19H23NO2/c1-13-7-5-6-8-18(13)19(14(2)15(3)21)20-16-9-11-17(22-4)12-10-16/h5-12,14,19-20H,1-4H3. The van der Waals surface area contributed by atoms with E-state index in [2.05, 4.69) is 24.4 Å². The van der Waals surface area contributed by atoms with Crippen LogP contribution in [-0.2, 0) is 4.79 Å². The van der Waals surface area contributed by atoms with Gasteiger partial charge in [-0.3, -0.25) is 4.79 Å². The molecule has 0 radical (unpaired) electrons. The maximum absolute atomic E-state index is 11.9. The summed E-state index contributed by atoms with van der Waals surface area (Å²) in [5, 5.41) is 3.49. The van der Waals surface area contributed by atoms with Crippen molar-refractivity contribution in [2.75, 3.05) is 12.4 Å². The highest BCUT2D eigenvalue weighted by Crippen LogP contribution is 2.30. The van der Waals surface area contributed by atoms with E-state index < -0.39 is 0 Å². The molecule has 1 N–H and O–H groups in total. The Bertz CT molecular complexity index is 634. The molecule has 0 amide bonds. The third-order valence-electron chi connectivity index (χ3n) is 4.08. The first-order valence-electron chi connectivity index (χ1n) is 7.49.